The summed E-state index contributed by atoms with van der Waals surface area (Å²) in [6, 6.07) is 20.1. The minimum atomic E-state index is -3.61. The van der Waals surface area contributed by atoms with Crippen molar-refractivity contribution in [3.05, 3.63) is 89.4 Å². The predicted molar refractivity (Wildman–Crippen MR) is 94.7 cm³/mol. The summed E-state index contributed by atoms with van der Waals surface area (Å²) in [5, 5.41) is 0.537. The van der Waals surface area contributed by atoms with Gasteiger partial charge >= 0.3 is 5.97 Å². The van der Waals surface area contributed by atoms with Crippen LogP contribution >= 0.6 is 11.6 Å². The lowest BCUT2D eigenvalue weighted by molar-refractivity contribution is 0.0734. The van der Waals surface area contributed by atoms with Crippen molar-refractivity contribution >= 4 is 27.4 Å². The monoisotopic (exact) mass is 372 g/mol. The third-order valence-electron chi connectivity index (χ3n) is 3.48. The Morgan fingerprint density at radius 1 is 0.760 bits per heavy atom. The van der Waals surface area contributed by atoms with Crippen molar-refractivity contribution in [1.82, 2.24) is 0 Å². The summed E-state index contributed by atoms with van der Waals surface area (Å²) in [5.41, 5.74) is 0.252. The van der Waals surface area contributed by atoms with Crippen molar-refractivity contribution < 1.29 is 17.9 Å². The minimum Gasteiger partial charge on any atom is -0.423 e. The molecule has 0 aromatic heterocycles. The summed E-state index contributed by atoms with van der Waals surface area (Å²) >= 11 is 5.78. The van der Waals surface area contributed by atoms with Gasteiger partial charge in [0.15, 0.2) is 0 Å². The molecule has 0 saturated heterocycles. The van der Waals surface area contributed by atoms with Gasteiger partial charge in [0.1, 0.15) is 5.75 Å². The Morgan fingerprint density at radius 3 is 1.92 bits per heavy atom. The van der Waals surface area contributed by atoms with E-state index in [4.69, 9.17) is 16.3 Å². The van der Waals surface area contributed by atoms with Crippen LogP contribution in [0.1, 0.15) is 10.4 Å². The van der Waals surface area contributed by atoms with Crippen LogP contribution in [0.25, 0.3) is 0 Å². The van der Waals surface area contributed by atoms with E-state index in [2.05, 4.69) is 0 Å². The van der Waals surface area contributed by atoms with Gasteiger partial charge in [0.25, 0.3) is 0 Å². The van der Waals surface area contributed by atoms with Gasteiger partial charge in [-0.3, -0.25) is 0 Å². The van der Waals surface area contributed by atoms with Crippen LogP contribution in [-0.2, 0) is 9.84 Å². The predicted octanol–water partition coefficient (Wildman–Crippen LogP) is 4.39. The average Bonchev–Trinajstić information content (AvgIpc) is 2.64. The molecule has 4 nitrogen and oxygen atoms in total. The molecule has 0 N–H and O–H groups in total. The van der Waals surface area contributed by atoms with Crippen LogP contribution in [0, 0.1) is 0 Å². The molecule has 0 fully saturated rings. The molecule has 0 spiro atoms. The van der Waals surface area contributed by atoms with Crippen molar-refractivity contribution in [2.45, 2.75) is 9.79 Å². The second-order valence-corrected chi connectivity index (χ2v) is 7.57. The zero-order valence-corrected chi connectivity index (χ0v) is 14.5. The van der Waals surface area contributed by atoms with E-state index in [1.165, 1.54) is 36.4 Å². The summed E-state index contributed by atoms with van der Waals surface area (Å²) in [6.45, 7) is 0. The fourth-order valence-electron chi connectivity index (χ4n) is 2.17. The number of carbonyl (C=O) groups is 1. The Balaban J connectivity index is 1.80. The van der Waals surface area contributed by atoms with Crippen molar-refractivity contribution in [1.29, 1.82) is 0 Å². The fraction of sp³-hybridized carbons (Fsp3) is 0. The first-order valence-electron chi connectivity index (χ1n) is 7.35. The number of ether oxygens (including phenoxy) is 1. The van der Waals surface area contributed by atoms with Gasteiger partial charge < -0.3 is 4.74 Å². The lowest BCUT2D eigenvalue weighted by atomic mass is 10.2. The van der Waals surface area contributed by atoms with Gasteiger partial charge in [-0.05, 0) is 60.7 Å². The maximum atomic E-state index is 12.5. The Labute approximate surface area is 150 Å². The van der Waals surface area contributed by atoms with E-state index >= 15 is 0 Å². The van der Waals surface area contributed by atoms with E-state index in [0.717, 1.165) is 0 Å². The molecule has 0 radical (unpaired) electrons. The van der Waals surface area contributed by atoms with E-state index < -0.39 is 15.8 Å². The van der Waals surface area contributed by atoms with Gasteiger partial charge in [-0.25, -0.2) is 13.2 Å². The van der Waals surface area contributed by atoms with Crippen LogP contribution < -0.4 is 4.74 Å². The van der Waals surface area contributed by atoms with Crippen LogP contribution in [0.5, 0.6) is 5.75 Å². The third-order valence-corrected chi connectivity index (χ3v) is 5.52. The molecule has 0 aliphatic heterocycles. The zero-order chi connectivity index (χ0) is 17.9. The highest BCUT2D eigenvalue weighted by Gasteiger charge is 2.18. The molecule has 126 valence electrons. The van der Waals surface area contributed by atoms with Crippen LogP contribution in [0.3, 0.4) is 0 Å². The van der Waals surface area contributed by atoms with Crippen molar-refractivity contribution in [2.24, 2.45) is 0 Å². The highest BCUT2D eigenvalue weighted by atomic mass is 35.5. The highest BCUT2D eigenvalue weighted by molar-refractivity contribution is 7.91. The Morgan fingerprint density at radius 2 is 1.32 bits per heavy atom. The number of halogens is 1. The second-order valence-electron chi connectivity index (χ2n) is 5.18. The van der Waals surface area contributed by atoms with Crippen molar-refractivity contribution in [3.8, 4) is 5.75 Å². The van der Waals surface area contributed by atoms with Crippen LogP contribution in [0.2, 0.25) is 5.02 Å². The van der Waals surface area contributed by atoms with Gasteiger partial charge in [0.05, 0.1) is 15.4 Å². The molecule has 25 heavy (non-hydrogen) atoms. The number of benzene rings is 3. The molecular formula is C19H13ClO4S. The summed E-state index contributed by atoms with van der Waals surface area (Å²) in [4.78, 5) is 12.4. The van der Waals surface area contributed by atoms with E-state index in [-0.39, 0.29) is 15.4 Å². The number of hydrogen-bond donors (Lipinski definition) is 0. The fourth-order valence-corrected chi connectivity index (χ4v) is 3.58. The molecule has 0 atom stereocenters. The van der Waals surface area contributed by atoms with Crippen LogP contribution in [0.4, 0.5) is 0 Å². The maximum Gasteiger partial charge on any atom is 0.343 e. The average molecular weight is 373 g/mol. The number of rotatable bonds is 4. The highest BCUT2D eigenvalue weighted by Crippen LogP contribution is 2.22. The third kappa shape index (κ3) is 3.90. The normalized spacial score (nSPS) is 11.1. The number of sulfone groups is 1. The molecule has 0 heterocycles. The minimum absolute atomic E-state index is 0.113. The van der Waals surface area contributed by atoms with Gasteiger partial charge in [-0.1, -0.05) is 29.8 Å². The second kappa shape index (κ2) is 7.09. The quantitative estimate of drug-likeness (QED) is 0.503. The lowest BCUT2D eigenvalue weighted by Crippen LogP contribution is -2.09. The van der Waals surface area contributed by atoms with Gasteiger partial charge in [-0.2, -0.15) is 0 Å². The van der Waals surface area contributed by atoms with E-state index in [1.807, 2.05) is 0 Å². The summed E-state index contributed by atoms with van der Waals surface area (Å²) in [7, 11) is -3.61. The standard InChI is InChI=1S/C19H13ClO4S/c20-15-8-10-16(11-9-15)24-19(21)14-6-12-18(13-7-14)25(22,23)17-4-2-1-3-5-17/h1-13H. The van der Waals surface area contributed by atoms with Crippen molar-refractivity contribution in [3.63, 3.8) is 0 Å². The SMILES string of the molecule is O=C(Oc1ccc(Cl)cc1)c1ccc(S(=O)(=O)c2ccccc2)cc1. The van der Waals surface area contributed by atoms with Gasteiger partial charge in [0, 0.05) is 5.02 Å². The molecule has 3 aromatic rings. The van der Waals surface area contributed by atoms with Crippen LogP contribution in [0.15, 0.2) is 88.7 Å². The number of esters is 1. The zero-order valence-electron chi connectivity index (χ0n) is 12.9. The van der Waals surface area contributed by atoms with E-state index in [1.54, 1.807) is 42.5 Å². The van der Waals surface area contributed by atoms with E-state index in [0.29, 0.717) is 10.8 Å². The van der Waals surface area contributed by atoms with Gasteiger partial charge in [-0.15, -0.1) is 0 Å². The number of hydrogen-bond acceptors (Lipinski definition) is 4. The topological polar surface area (TPSA) is 60.4 Å². The smallest absolute Gasteiger partial charge is 0.343 e. The van der Waals surface area contributed by atoms with Crippen LogP contribution in [-0.4, -0.2) is 14.4 Å². The summed E-state index contributed by atoms with van der Waals surface area (Å²) in [6.07, 6.45) is 0. The van der Waals surface area contributed by atoms with Crippen molar-refractivity contribution in [2.75, 3.05) is 0 Å². The Bertz CT molecular complexity index is 980. The molecule has 3 rings (SSSR count). The Kier molecular flexibility index (Phi) is 4.88. The molecule has 0 aliphatic carbocycles. The first-order chi connectivity index (χ1) is 12.0. The maximum absolute atomic E-state index is 12.5. The first kappa shape index (κ1) is 17.2. The van der Waals surface area contributed by atoms with E-state index in [9.17, 15) is 13.2 Å². The molecule has 6 heteroatoms. The largest absolute Gasteiger partial charge is 0.423 e. The summed E-state index contributed by atoms with van der Waals surface area (Å²) in [5.74, 6) is -0.221. The molecule has 3 aromatic carbocycles. The first-order valence-corrected chi connectivity index (χ1v) is 9.21. The molecule has 0 bridgehead atoms. The van der Waals surface area contributed by atoms with Gasteiger partial charge in [0.2, 0.25) is 9.84 Å². The lowest BCUT2D eigenvalue weighted by Gasteiger charge is -2.07. The Hall–Kier alpha value is -2.63. The molecule has 0 unspecified atom stereocenters. The number of carbonyl (C=O) groups excluding carboxylic acids is 1. The molecule has 0 amide bonds. The molecule has 0 saturated carbocycles. The molecule has 0 aliphatic rings. The molecular weight excluding hydrogens is 360 g/mol. The summed E-state index contributed by atoms with van der Waals surface area (Å²) < 4.78 is 30.2.